The van der Waals surface area contributed by atoms with Crippen molar-refractivity contribution in [3.8, 4) is 5.75 Å². The molecule has 74 heavy (non-hydrogen) atoms. The molecular formula is C56H78N2O16. The van der Waals surface area contributed by atoms with Crippen molar-refractivity contribution in [2.24, 2.45) is 46.2 Å². The summed E-state index contributed by atoms with van der Waals surface area (Å²) in [6.45, 7) is 10.9. The highest BCUT2D eigenvalue weighted by atomic mass is 16.8. The van der Waals surface area contributed by atoms with Crippen LogP contribution in [0.3, 0.4) is 0 Å². The van der Waals surface area contributed by atoms with Crippen molar-refractivity contribution in [3.63, 3.8) is 0 Å². The summed E-state index contributed by atoms with van der Waals surface area (Å²) in [7, 11) is 1.47. The number of nitrogens with one attached hydrogen (secondary N) is 1. The number of ketones is 1. The lowest BCUT2D eigenvalue weighted by atomic mass is 9.46. The van der Waals surface area contributed by atoms with E-state index in [4.69, 9.17) is 43.6 Å². The molecule has 2 aromatic carbocycles. The number of hydrogen-bond donors (Lipinski definition) is 6. The minimum Gasteiger partial charge on any atom is -0.497 e. The van der Waals surface area contributed by atoms with E-state index in [0.29, 0.717) is 44.4 Å². The molecular weight excluding hydrogens is 957 g/mol. The Kier molecular flexibility index (Phi) is 17.3. The fraction of sp³-hybridized carbons (Fsp3) is 0.679. The number of amides is 1. The minimum atomic E-state index is -1.72. The fourth-order valence-corrected chi connectivity index (χ4v) is 13.4. The molecule has 2 saturated heterocycles. The predicted octanol–water partition coefficient (Wildman–Crippen LogP) is 5.42. The molecule has 7 N–H and O–H groups in total. The standard InChI is InChI=1S/C56H78N2O16/c1-30(2)8-19-42(61)31(3)56(66)45(25-41-39-18-15-36-24-37(60)20-22-54(36,5)40(39)21-23-55(41,56)6)71-51-48(70-32(4)59)46(43(62)28-68-51)73-52-49(72-50(64)35-13-16-38(67-7)17-14-35)47(44(63)29-69-52)74-53(65)58-27-34-11-9-33(26-57)10-12-34/h9-17,30-31,37,39-41,43-49,51-52,60,62-63,66H,8,18-29,57H2,1-7H3,(H,58,65)/t31-,37+,39-,40?,41+,43+,44-,45+,46+,47+,48-,49-,51+,52+,54+,55+,56-/m1/s1. The molecule has 0 bridgehead atoms. The van der Waals surface area contributed by atoms with E-state index in [9.17, 15) is 39.6 Å². The largest absolute Gasteiger partial charge is 0.497 e. The van der Waals surface area contributed by atoms with Gasteiger partial charge >= 0.3 is 18.0 Å². The smallest absolute Gasteiger partial charge is 0.407 e. The summed E-state index contributed by atoms with van der Waals surface area (Å²) in [5, 5.41) is 50.0. The molecule has 18 nitrogen and oxygen atoms in total. The summed E-state index contributed by atoms with van der Waals surface area (Å²) in [6, 6.07) is 13.2. The van der Waals surface area contributed by atoms with Crippen molar-refractivity contribution in [2.45, 2.75) is 179 Å². The summed E-state index contributed by atoms with van der Waals surface area (Å²) in [4.78, 5) is 54.8. The van der Waals surface area contributed by atoms with Crippen LogP contribution in [-0.4, -0.2) is 132 Å². The van der Waals surface area contributed by atoms with Crippen molar-refractivity contribution in [3.05, 3.63) is 76.9 Å². The number of benzene rings is 2. The number of alkyl carbamates (subject to hydrolysis) is 1. The molecule has 17 atom stereocenters. The van der Waals surface area contributed by atoms with Crippen LogP contribution in [0.1, 0.15) is 121 Å². The lowest BCUT2D eigenvalue weighted by Crippen LogP contribution is -2.64. The number of hydrogen-bond acceptors (Lipinski definition) is 17. The topological polar surface area (TPSA) is 261 Å². The van der Waals surface area contributed by atoms with Crippen LogP contribution < -0.4 is 15.8 Å². The van der Waals surface area contributed by atoms with Gasteiger partial charge in [-0.15, -0.1) is 0 Å². The van der Waals surface area contributed by atoms with E-state index < -0.39 is 103 Å². The van der Waals surface area contributed by atoms with Crippen molar-refractivity contribution >= 4 is 23.8 Å². The number of aliphatic hydroxyl groups is 4. The Morgan fingerprint density at radius 1 is 0.811 bits per heavy atom. The van der Waals surface area contributed by atoms with Gasteiger partial charge in [-0.05, 0) is 116 Å². The van der Waals surface area contributed by atoms with Gasteiger partial charge in [-0.2, -0.15) is 0 Å². The summed E-state index contributed by atoms with van der Waals surface area (Å²) in [6.07, 6.45) is -6.87. The molecule has 6 aliphatic rings. The number of fused-ring (bicyclic) bond motifs is 5. The first-order chi connectivity index (χ1) is 35.2. The Morgan fingerprint density at radius 3 is 2.11 bits per heavy atom. The first-order valence-electron chi connectivity index (χ1n) is 26.5. The Hall–Kier alpha value is -4.50. The highest BCUT2D eigenvalue weighted by molar-refractivity contribution is 5.89. The molecule has 0 spiro atoms. The molecule has 2 aliphatic heterocycles. The summed E-state index contributed by atoms with van der Waals surface area (Å²) < 4.78 is 48.6. The van der Waals surface area contributed by atoms with Gasteiger partial charge in [0.1, 0.15) is 35.4 Å². The van der Waals surface area contributed by atoms with E-state index in [-0.39, 0.29) is 59.5 Å². The van der Waals surface area contributed by atoms with Crippen LogP contribution in [0.15, 0.2) is 60.2 Å². The maximum absolute atomic E-state index is 14.3. The van der Waals surface area contributed by atoms with Crippen LogP contribution in [0.5, 0.6) is 5.75 Å². The number of methoxy groups -OCH3 is 1. The number of rotatable bonds is 17. The van der Waals surface area contributed by atoms with Crippen molar-refractivity contribution in [1.29, 1.82) is 0 Å². The lowest BCUT2D eigenvalue weighted by Gasteiger charge is -2.59. The van der Waals surface area contributed by atoms with Crippen LogP contribution in [0.25, 0.3) is 0 Å². The monoisotopic (exact) mass is 1030 g/mol. The molecule has 5 fully saturated rings. The second kappa shape index (κ2) is 23.0. The number of ether oxygens (including phenoxy) is 8. The van der Waals surface area contributed by atoms with Crippen molar-refractivity contribution < 1.29 is 77.5 Å². The van der Waals surface area contributed by atoms with E-state index in [0.717, 1.165) is 30.4 Å². The molecule has 2 aromatic rings. The lowest BCUT2D eigenvalue weighted by molar-refractivity contribution is -0.344. The van der Waals surface area contributed by atoms with Crippen LogP contribution in [0.2, 0.25) is 0 Å². The Labute approximate surface area is 433 Å². The van der Waals surface area contributed by atoms with Gasteiger partial charge in [0.15, 0.2) is 30.9 Å². The zero-order valence-electron chi connectivity index (χ0n) is 43.8. The number of aliphatic hydroxyl groups excluding tert-OH is 3. The SMILES string of the molecule is COc1ccc(C(=O)O[C@H]2[C@H](O[C@@H]3[C@@H](OC(C)=O)[C@H](O[C@H]4C[C@H]5[C@@H]6CC=C7C[C@@H](O)CC[C@]7(C)C6CC[C@]5(C)[C@@]4(O)[C@H](C)C(=O)CCC(C)C)OC[C@@H]3O)OC[C@@H](O)[C@@H]2OC(=O)NCc2ccc(CN)cc2)cc1. The van der Waals surface area contributed by atoms with E-state index in [1.807, 2.05) is 26.0 Å². The molecule has 0 radical (unpaired) electrons. The van der Waals surface area contributed by atoms with Gasteiger partial charge in [-0.3, -0.25) is 9.59 Å². The van der Waals surface area contributed by atoms with E-state index >= 15 is 0 Å². The molecule has 18 heteroatoms. The average Bonchev–Trinajstić information content (AvgIpc) is 3.62. The average molecular weight is 1040 g/mol. The van der Waals surface area contributed by atoms with Gasteiger partial charge in [0, 0.05) is 37.8 Å². The molecule has 408 valence electrons. The van der Waals surface area contributed by atoms with E-state index in [1.54, 1.807) is 31.2 Å². The first kappa shape index (κ1) is 55.7. The Morgan fingerprint density at radius 2 is 1.46 bits per heavy atom. The van der Waals surface area contributed by atoms with E-state index in [1.165, 1.54) is 31.7 Å². The third kappa shape index (κ3) is 11.2. The number of carbonyl (C=O) groups is 4. The van der Waals surface area contributed by atoms with Crippen LogP contribution >= 0.6 is 0 Å². The molecule has 1 unspecified atom stereocenters. The van der Waals surface area contributed by atoms with Crippen LogP contribution in [0, 0.1) is 40.4 Å². The maximum Gasteiger partial charge on any atom is 0.407 e. The van der Waals surface area contributed by atoms with E-state index in [2.05, 4.69) is 25.2 Å². The fourth-order valence-electron chi connectivity index (χ4n) is 13.4. The van der Waals surface area contributed by atoms with Gasteiger partial charge in [0.2, 0.25) is 0 Å². The number of Topliss-reactive ketones (excluding diaryl/α,β-unsaturated/α-hetero) is 1. The van der Waals surface area contributed by atoms with Crippen molar-refractivity contribution in [1.82, 2.24) is 5.32 Å². The molecule has 1 amide bonds. The third-order valence-corrected chi connectivity index (χ3v) is 17.7. The molecule has 8 rings (SSSR count). The van der Waals surface area contributed by atoms with Gasteiger partial charge in [0.25, 0.3) is 0 Å². The summed E-state index contributed by atoms with van der Waals surface area (Å²) >= 11 is 0. The Balaban J connectivity index is 1.09. The molecule has 2 heterocycles. The first-order valence-corrected chi connectivity index (χ1v) is 26.5. The number of nitrogens with two attached hydrogens (primary N) is 1. The molecule has 4 aliphatic carbocycles. The van der Waals surface area contributed by atoms with Crippen molar-refractivity contribution in [2.75, 3.05) is 20.3 Å². The van der Waals surface area contributed by atoms with Crippen LogP contribution in [-0.2, 0) is 55.8 Å². The van der Waals surface area contributed by atoms with Gasteiger partial charge in [-0.25, -0.2) is 9.59 Å². The normalized spacial score (nSPS) is 37.0. The second-order valence-corrected chi connectivity index (χ2v) is 22.5. The predicted molar refractivity (Wildman–Crippen MR) is 267 cm³/mol. The Bertz CT molecular complexity index is 2330. The van der Waals surface area contributed by atoms with Crippen LogP contribution in [0.4, 0.5) is 4.79 Å². The minimum absolute atomic E-state index is 0.0451. The highest BCUT2D eigenvalue weighted by Gasteiger charge is 2.70. The number of carbonyl (C=O) groups excluding carboxylic acids is 4. The maximum atomic E-state index is 14.3. The zero-order chi connectivity index (χ0) is 53.3. The zero-order valence-corrected chi connectivity index (χ0v) is 43.8. The molecule has 3 saturated carbocycles. The van der Waals surface area contributed by atoms with Gasteiger partial charge < -0.3 is 69.4 Å². The van der Waals surface area contributed by atoms with Gasteiger partial charge in [-0.1, -0.05) is 70.5 Å². The molecule has 0 aromatic heterocycles. The summed E-state index contributed by atoms with van der Waals surface area (Å²) in [5.41, 5.74) is 6.11. The second-order valence-electron chi connectivity index (χ2n) is 22.5. The number of esters is 2. The quantitative estimate of drug-likeness (QED) is 0.0657. The summed E-state index contributed by atoms with van der Waals surface area (Å²) in [5.74, 6) is -1.60. The third-order valence-electron chi connectivity index (χ3n) is 17.7. The number of allylic oxidation sites excluding steroid dienone is 1. The highest BCUT2D eigenvalue weighted by Crippen LogP contribution is 2.69. The van der Waals surface area contributed by atoms with Gasteiger partial charge in [0.05, 0.1) is 38.1 Å².